The quantitative estimate of drug-likeness (QED) is 0.290. The molecular weight excluding hydrogens is 402 g/mol. The Morgan fingerprint density at radius 1 is 1.03 bits per heavy atom. The van der Waals surface area contributed by atoms with Gasteiger partial charge in [-0.1, -0.05) is 86.1 Å². The van der Waals surface area contributed by atoms with Gasteiger partial charge in [0.25, 0.3) is 0 Å². The first-order valence-electron chi connectivity index (χ1n) is 9.74. The van der Waals surface area contributed by atoms with Gasteiger partial charge in [0.15, 0.2) is 0 Å². The molecule has 7 heteroatoms. The molecule has 3 aromatic carbocycles. The van der Waals surface area contributed by atoms with Gasteiger partial charge in [-0.05, 0) is 35.4 Å². The molecule has 2 atom stereocenters. The number of rotatable bonds is 8. The molecule has 0 aliphatic rings. The molecule has 0 saturated heterocycles. The molecule has 3 rings (SSSR count). The van der Waals surface area contributed by atoms with E-state index in [2.05, 4.69) is 10.0 Å². The Morgan fingerprint density at radius 2 is 1.70 bits per heavy atom. The average Bonchev–Trinajstić information content (AvgIpc) is 2.78. The lowest BCUT2D eigenvalue weighted by Crippen LogP contribution is -2.11. The Labute approximate surface area is 176 Å². The lowest BCUT2D eigenvalue weighted by Gasteiger charge is -2.20. The van der Waals surface area contributed by atoms with Crippen LogP contribution in [0.1, 0.15) is 44.4 Å². The molecule has 0 aliphatic heterocycles. The molecule has 1 N–H and O–H groups in total. The zero-order valence-corrected chi connectivity index (χ0v) is 18.0. The maximum Gasteiger partial charge on any atom is 0.359 e. The Balaban J connectivity index is 1.82. The van der Waals surface area contributed by atoms with Crippen molar-refractivity contribution in [3.05, 3.63) is 77.9 Å². The van der Waals surface area contributed by atoms with Gasteiger partial charge in [-0.15, -0.1) is 0 Å². The minimum Gasteiger partial charge on any atom is -0.264 e. The summed E-state index contributed by atoms with van der Waals surface area (Å²) in [6.07, 6.45) is 0.428. The van der Waals surface area contributed by atoms with Gasteiger partial charge in [0.05, 0.1) is 5.71 Å². The topological polar surface area (TPSA) is 85.2 Å². The third-order valence-corrected chi connectivity index (χ3v) is 6.39. The smallest absolute Gasteiger partial charge is 0.264 e. The summed E-state index contributed by atoms with van der Waals surface area (Å²) < 4.78 is 30.4. The first kappa shape index (κ1) is 22.0. The minimum absolute atomic E-state index is 0.0731. The first-order chi connectivity index (χ1) is 14.4. The Kier molecular flexibility index (Phi) is 6.87. The summed E-state index contributed by atoms with van der Waals surface area (Å²) >= 11 is 0. The van der Waals surface area contributed by atoms with E-state index in [1.165, 1.54) is 6.07 Å². The molecule has 0 heterocycles. The van der Waals surface area contributed by atoms with Crippen molar-refractivity contribution in [1.82, 2.24) is 0 Å². The van der Waals surface area contributed by atoms with Gasteiger partial charge in [-0.2, -0.15) is 8.42 Å². The second-order valence-electron chi connectivity index (χ2n) is 7.22. The highest BCUT2D eigenvalue weighted by atomic mass is 32.2. The number of oxime groups is 1. The van der Waals surface area contributed by atoms with E-state index in [9.17, 15) is 13.7 Å². The molecule has 30 heavy (non-hydrogen) atoms. The van der Waals surface area contributed by atoms with Gasteiger partial charge in [0, 0.05) is 5.39 Å². The summed E-state index contributed by atoms with van der Waals surface area (Å²) in [6.45, 7) is 5.69. The fourth-order valence-corrected chi connectivity index (χ4v) is 4.22. The van der Waals surface area contributed by atoms with Crippen molar-refractivity contribution < 1.29 is 22.8 Å². The van der Waals surface area contributed by atoms with Gasteiger partial charge >= 0.3 is 10.1 Å². The van der Waals surface area contributed by atoms with E-state index in [4.69, 9.17) is 4.28 Å². The molecule has 158 valence electrons. The second kappa shape index (κ2) is 9.38. The van der Waals surface area contributed by atoms with Crippen LogP contribution in [-0.2, 0) is 19.3 Å². The van der Waals surface area contributed by atoms with Crippen LogP contribution in [0.2, 0.25) is 0 Å². The van der Waals surface area contributed by atoms with Crippen molar-refractivity contribution in [2.24, 2.45) is 11.1 Å². The molecule has 0 aliphatic carbocycles. The van der Waals surface area contributed by atoms with Crippen LogP contribution in [0.4, 0.5) is 0 Å². The molecule has 6 nitrogen and oxygen atoms in total. The molecular formula is C23H25NO5S. The summed E-state index contributed by atoms with van der Waals surface area (Å²) in [7, 11) is -4.07. The molecule has 2 unspecified atom stereocenters. The SMILES string of the molecule is CCC(C)C(OO)c1ccc(C(C)=NOS(=O)(=O)c2cccc3ccccc23)cc1. The number of hydrogen-bond donors (Lipinski definition) is 1. The summed E-state index contributed by atoms with van der Waals surface area (Å²) in [5.41, 5.74) is 1.94. The summed E-state index contributed by atoms with van der Waals surface area (Å²) in [5, 5.41) is 14.4. The number of nitrogens with zero attached hydrogens (tertiary/aromatic N) is 1. The van der Waals surface area contributed by atoms with Crippen molar-refractivity contribution >= 4 is 26.6 Å². The molecule has 0 saturated carbocycles. The van der Waals surface area contributed by atoms with Crippen LogP contribution in [0.5, 0.6) is 0 Å². The predicted molar refractivity (Wildman–Crippen MR) is 117 cm³/mol. The molecule has 0 fully saturated rings. The van der Waals surface area contributed by atoms with Gasteiger partial charge in [0.2, 0.25) is 0 Å². The van der Waals surface area contributed by atoms with Crippen LogP contribution in [-0.4, -0.2) is 19.4 Å². The van der Waals surface area contributed by atoms with Gasteiger partial charge in [-0.25, -0.2) is 4.89 Å². The summed E-state index contributed by atoms with van der Waals surface area (Å²) in [6, 6.07) is 19.4. The molecule has 0 bridgehead atoms. The van der Waals surface area contributed by atoms with Gasteiger partial charge in [0.1, 0.15) is 11.0 Å². The zero-order chi connectivity index (χ0) is 21.7. The van der Waals surface area contributed by atoms with E-state index in [0.29, 0.717) is 16.7 Å². The second-order valence-corrected chi connectivity index (χ2v) is 8.71. The highest BCUT2D eigenvalue weighted by molar-refractivity contribution is 7.87. The third kappa shape index (κ3) is 4.70. The normalized spacial score (nSPS) is 14.5. The largest absolute Gasteiger partial charge is 0.359 e. The molecule has 0 radical (unpaired) electrons. The van der Waals surface area contributed by atoms with Crippen LogP contribution >= 0.6 is 0 Å². The van der Waals surface area contributed by atoms with E-state index in [0.717, 1.165) is 17.4 Å². The van der Waals surface area contributed by atoms with E-state index in [-0.39, 0.29) is 10.8 Å². The van der Waals surface area contributed by atoms with Crippen molar-refractivity contribution in [3.63, 3.8) is 0 Å². The van der Waals surface area contributed by atoms with Crippen LogP contribution in [0.15, 0.2) is 76.8 Å². The monoisotopic (exact) mass is 427 g/mol. The van der Waals surface area contributed by atoms with E-state index >= 15 is 0 Å². The minimum atomic E-state index is -4.07. The molecule has 0 spiro atoms. The lowest BCUT2D eigenvalue weighted by molar-refractivity contribution is -0.293. The van der Waals surface area contributed by atoms with Gasteiger partial charge in [-0.3, -0.25) is 9.54 Å². The van der Waals surface area contributed by atoms with E-state index in [1.807, 2.05) is 44.2 Å². The Hall–Kier alpha value is -2.74. The third-order valence-electron chi connectivity index (χ3n) is 5.22. The van der Waals surface area contributed by atoms with Crippen LogP contribution in [0.25, 0.3) is 10.8 Å². The van der Waals surface area contributed by atoms with Gasteiger partial charge < -0.3 is 0 Å². The van der Waals surface area contributed by atoms with Crippen LogP contribution in [0.3, 0.4) is 0 Å². The van der Waals surface area contributed by atoms with Crippen LogP contribution in [0, 0.1) is 5.92 Å². The molecule has 0 aromatic heterocycles. The number of fused-ring (bicyclic) bond motifs is 1. The lowest BCUT2D eigenvalue weighted by atomic mass is 9.94. The Morgan fingerprint density at radius 3 is 2.37 bits per heavy atom. The molecule has 0 amide bonds. The summed E-state index contributed by atoms with van der Waals surface area (Å²) in [4.78, 5) is 4.70. The highest BCUT2D eigenvalue weighted by Crippen LogP contribution is 2.28. The molecule has 3 aromatic rings. The highest BCUT2D eigenvalue weighted by Gasteiger charge is 2.20. The van der Waals surface area contributed by atoms with E-state index in [1.54, 1.807) is 37.3 Å². The maximum atomic E-state index is 12.7. The maximum absolute atomic E-state index is 12.7. The Bertz CT molecular complexity index is 1130. The fraction of sp³-hybridized carbons (Fsp3) is 0.261. The van der Waals surface area contributed by atoms with Crippen molar-refractivity contribution in [1.29, 1.82) is 0 Å². The standard InChI is InChI=1S/C23H25NO5S/c1-4-16(2)23(28-25)20-14-12-18(13-15-20)17(3)24-29-30(26,27)22-11-7-9-19-8-5-6-10-21(19)22/h5-16,23,25H,4H2,1-3H3. The fourth-order valence-electron chi connectivity index (χ4n) is 3.23. The van der Waals surface area contributed by atoms with Crippen molar-refractivity contribution in [2.45, 2.75) is 38.2 Å². The van der Waals surface area contributed by atoms with Crippen molar-refractivity contribution in [2.75, 3.05) is 0 Å². The zero-order valence-electron chi connectivity index (χ0n) is 17.1. The first-order valence-corrected chi connectivity index (χ1v) is 11.1. The van der Waals surface area contributed by atoms with Crippen molar-refractivity contribution in [3.8, 4) is 0 Å². The summed E-state index contributed by atoms with van der Waals surface area (Å²) in [5.74, 6) is 0.143. The number of benzene rings is 3. The average molecular weight is 428 g/mol. The van der Waals surface area contributed by atoms with Crippen LogP contribution < -0.4 is 0 Å². The predicted octanol–water partition coefficient (Wildman–Crippen LogP) is 5.55. The van der Waals surface area contributed by atoms with E-state index < -0.39 is 16.2 Å². The number of hydrogen-bond acceptors (Lipinski definition) is 6.